The Kier molecular flexibility index (Phi) is 8.85. The van der Waals surface area contributed by atoms with Gasteiger partial charge in [-0.3, -0.25) is 14.6 Å². The van der Waals surface area contributed by atoms with E-state index < -0.39 is 5.97 Å². The zero-order valence-electron chi connectivity index (χ0n) is 24.1. The molecule has 2 aliphatic heterocycles. The predicted octanol–water partition coefficient (Wildman–Crippen LogP) is 4.32. The lowest BCUT2D eigenvalue weighted by Gasteiger charge is -2.32. The molecule has 220 valence electrons. The van der Waals surface area contributed by atoms with E-state index in [2.05, 4.69) is 15.3 Å². The van der Waals surface area contributed by atoms with Gasteiger partial charge in [-0.25, -0.2) is 9.78 Å². The number of esters is 1. The highest BCUT2D eigenvalue weighted by atomic mass is 16.5. The lowest BCUT2D eigenvalue weighted by molar-refractivity contribution is -0.115. The zero-order valence-corrected chi connectivity index (χ0v) is 24.1. The van der Waals surface area contributed by atoms with Crippen LogP contribution in [0.1, 0.15) is 58.3 Å². The van der Waals surface area contributed by atoms with Crippen LogP contribution in [0.25, 0.3) is 0 Å². The number of anilines is 1. The minimum atomic E-state index is -0.552. The first-order valence-electron chi connectivity index (χ1n) is 14.1. The van der Waals surface area contributed by atoms with Gasteiger partial charge < -0.3 is 29.0 Å². The number of hydrogen-bond acceptors (Lipinski definition) is 8. The van der Waals surface area contributed by atoms with Crippen molar-refractivity contribution < 1.29 is 28.6 Å². The van der Waals surface area contributed by atoms with Crippen molar-refractivity contribution >= 4 is 35.5 Å². The van der Waals surface area contributed by atoms with Gasteiger partial charge in [-0.1, -0.05) is 24.3 Å². The number of benzene rings is 2. The largest absolute Gasteiger partial charge is 0.493 e. The zero-order chi connectivity index (χ0) is 29.6. The molecule has 3 aromatic rings. The highest BCUT2D eigenvalue weighted by Crippen LogP contribution is 2.37. The molecule has 1 fully saturated rings. The van der Waals surface area contributed by atoms with E-state index in [-0.39, 0.29) is 43.1 Å². The van der Waals surface area contributed by atoms with E-state index in [9.17, 15) is 14.4 Å². The monoisotopic (exact) mass is 573 g/mol. The molecule has 1 N–H and O–H groups in total. The van der Waals surface area contributed by atoms with Crippen LogP contribution in [0, 0.1) is 5.92 Å². The molecule has 1 saturated heterocycles. The smallest absolute Gasteiger partial charge is 0.374 e. The third kappa shape index (κ3) is 6.62. The van der Waals surface area contributed by atoms with Crippen molar-refractivity contribution in [2.24, 2.45) is 18.0 Å². The van der Waals surface area contributed by atoms with Crippen molar-refractivity contribution in [2.45, 2.75) is 39.2 Å². The Morgan fingerprint density at radius 1 is 1.14 bits per heavy atom. The number of imidazole rings is 1. The van der Waals surface area contributed by atoms with Crippen molar-refractivity contribution in [3.63, 3.8) is 0 Å². The third-order valence-corrected chi connectivity index (χ3v) is 7.34. The number of aryl methyl sites for hydroxylation is 1. The summed E-state index contributed by atoms with van der Waals surface area (Å²) in [6.07, 6.45) is 6.50. The van der Waals surface area contributed by atoms with E-state index in [1.165, 1.54) is 4.57 Å². The second-order valence-electron chi connectivity index (χ2n) is 10.4. The second-order valence-corrected chi connectivity index (χ2v) is 10.4. The van der Waals surface area contributed by atoms with Gasteiger partial charge in [0.25, 0.3) is 5.91 Å². The quantitative estimate of drug-likeness (QED) is 0.378. The molecule has 2 bridgehead atoms. The van der Waals surface area contributed by atoms with Gasteiger partial charge in [-0.2, -0.15) is 0 Å². The number of aliphatic imine (C=N–C) groups is 1. The van der Waals surface area contributed by atoms with E-state index in [1.54, 1.807) is 39.4 Å². The summed E-state index contributed by atoms with van der Waals surface area (Å²) in [5, 5.41) is 2.73. The SMILES string of the molecule is CCOC(=O)c1nc(NC(=O)Cc2cccc(COc3cc4c(cc3OC)C(=O)N3CCCC(CC=N4)C3)c2)cn1C. The summed E-state index contributed by atoms with van der Waals surface area (Å²) in [4.78, 5) is 48.7. The number of nitrogens with zero attached hydrogens (tertiary/aromatic N) is 4. The first kappa shape index (κ1) is 28.8. The molecule has 11 nitrogen and oxygen atoms in total. The average Bonchev–Trinajstić information content (AvgIpc) is 3.36. The molecule has 2 amide bonds. The molecule has 3 heterocycles. The predicted molar refractivity (Wildman–Crippen MR) is 157 cm³/mol. The van der Waals surface area contributed by atoms with E-state index in [4.69, 9.17) is 14.2 Å². The Hall–Kier alpha value is -4.67. The molecule has 1 aromatic heterocycles. The van der Waals surface area contributed by atoms with Crippen LogP contribution in [0.2, 0.25) is 0 Å². The van der Waals surface area contributed by atoms with Crippen molar-refractivity contribution in [1.82, 2.24) is 14.5 Å². The first-order chi connectivity index (χ1) is 20.3. The fourth-order valence-corrected chi connectivity index (χ4v) is 5.29. The molecule has 1 atom stereocenters. The van der Waals surface area contributed by atoms with Crippen LogP contribution in [0.4, 0.5) is 11.5 Å². The van der Waals surface area contributed by atoms with Crippen LogP contribution in [-0.4, -0.2) is 65.3 Å². The normalized spacial score (nSPS) is 16.1. The number of aromatic nitrogens is 2. The molecule has 0 radical (unpaired) electrons. The van der Waals surface area contributed by atoms with Gasteiger partial charge in [0.2, 0.25) is 11.7 Å². The molecule has 2 aromatic carbocycles. The topological polar surface area (TPSA) is 124 Å². The summed E-state index contributed by atoms with van der Waals surface area (Å²) in [6, 6.07) is 11.0. The molecule has 2 aliphatic rings. The Bertz CT molecular complexity index is 1510. The van der Waals surface area contributed by atoms with Crippen molar-refractivity contribution in [1.29, 1.82) is 0 Å². The second kappa shape index (κ2) is 12.9. The fraction of sp³-hybridized carbons (Fsp3) is 0.387. The number of ether oxygens (including phenoxy) is 3. The van der Waals surface area contributed by atoms with Crippen LogP contribution in [0.5, 0.6) is 11.5 Å². The molecule has 1 unspecified atom stereocenters. The summed E-state index contributed by atoms with van der Waals surface area (Å²) in [6.45, 7) is 3.67. The fourth-order valence-electron chi connectivity index (χ4n) is 5.29. The molecule has 0 saturated carbocycles. The number of fused-ring (bicyclic) bond motifs is 3. The Morgan fingerprint density at radius 2 is 1.98 bits per heavy atom. The van der Waals surface area contributed by atoms with Crippen LogP contribution < -0.4 is 14.8 Å². The molecule has 0 spiro atoms. The van der Waals surface area contributed by atoms with Crippen LogP contribution in [0.3, 0.4) is 0 Å². The van der Waals surface area contributed by atoms with Crippen molar-refractivity contribution in [2.75, 3.05) is 32.1 Å². The molecule has 11 heteroatoms. The first-order valence-corrected chi connectivity index (χ1v) is 14.1. The number of carbonyl (C=O) groups is 3. The molecule has 42 heavy (non-hydrogen) atoms. The van der Waals surface area contributed by atoms with Gasteiger partial charge in [-0.15, -0.1) is 0 Å². The van der Waals surface area contributed by atoms with Crippen molar-refractivity contribution in [3.05, 3.63) is 65.1 Å². The maximum Gasteiger partial charge on any atom is 0.374 e. The summed E-state index contributed by atoms with van der Waals surface area (Å²) in [5.74, 6) is 0.889. The van der Waals surface area contributed by atoms with Gasteiger partial charge >= 0.3 is 5.97 Å². The standard InChI is InChI=1S/C31H35N5O6/c1-4-41-31(39)29-34-27(18-35(29)2)33-28(37)14-21-7-5-8-22(13-21)19-42-26-16-24-23(15-25(26)40-3)30(38)36-12-6-9-20(17-36)10-11-32-24/h5,7-8,11,13,15-16,18,20H,4,6,9-10,12,14,17,19H2,1-3H3,(H,33,37). The number of methoxy groups -OCH3 is 1. The van der Waals surface area contributed by atoms with E-state index in [1.807, 2.05) is 35.4 Å². The lowest BCUT2D eigenvalue weighted by Crippen LogP contribution is -2.39. The third-order valence-electron chi connectivity index (χ3n) is 7.34. The van der Waals surface area contributed by atoms with Crippen LogP contribution in [0.15, 0.2) is 47.6 Å². The van der Waals surface area contributed by atoms with Gasteiger partial charge in [-0.05, 0) is 49.3 Å². The van der Waals surface area contributed by atoms with Crippen LogP contribution in [-0.2, 0) is 29.6 Å². The number of nitrogens with one attached hydrogen (secondary N) is 1. The maximum atomic E-state index is 13.3. The summed E-state index contributed by atoms with van der Waals surface area (Å²) < 4.78 is 18.2. The Morgan fingerprint density at radius 3 is 2.79 bits per heavy atom. The Balaban J connectivity index is 1.26. The molecule has 5 rings (SSSR count). The maximum absolute atomic E-state index is 13.3. The molecular weight excluding hydrogens is 538 g/mol. The number of piperidine rings is 1. The lowest BCUT2D eigenvalue weighted by atomic mass is 9.95. The number of carbonyl (C=O) groups excluding carboxylic acids is 3. The minimum Gasteiger partial charge on any atom is -0.493 e. The average molecular weight is 574 g/mol. The summed E-state index contributed by atoms with van der Waals surface area (Å²) in [5.41, 5.74) is 2.71. The Labute approximate surface area is 244 Å². The van der Waals surface area contributed by atoms with Crippen LogP contribution >= 0.6 is 0 Å². The van der Waals surface area contributed by atoms with Gasteiger partial charge in [0.05, 0.1) is 31.4 Å². The van der Waals surface area contributed by atoms with Gasteiger partial charge in [0.1, 0.15) is 6.61 Å². The molecule has 0 aliphatic carbocycles. The molecular formula is C31H35N5O6. The van der Waals surface area contributed by atoms with Crippen molar-refractivity contribution in [3.8, 4) is 11.5 Å². The summed E-state index contributed by atoms with van der Waals surface area (Å²) in [7, 11) is 3.21. The van der Waals surface area contributed by atoms with E-state index in [0.29, 0.717) is 28.7 Å². The minimum absolute atomic E-state index is 0.0348. The highest BCUT2D eigenvalue weighted by Gasteiger charge is 2.28. The van der Waals surface area contributed by atoms with Gasteiger partial charge in [0.15, 0.2) is 17.3 Å². The van der Waals surface area contributed by atoms with Gasteiger partial charge in [0, 0.05) is 38.6 Å². The number of hydrogen-bond donors (Lipinski definition) is 1. The number of amides is 2. The number of rotatable bonds is 9. The highest BCUT2D eigenvalue weighted by molar-refractivity contribution is 6.00. The van der Waals surface area contributed by atoms with E-state index in [0.717, 1.165) is 43.5 Å². The van der Waals surface area contributed by atoms with E-state index >= 15 is 0 Å². The summed E-state index contributed by atoms with van der Waals surface area (Å²) >= 11 is 0.